The zero-order valence-corrected chi connectivity index (χ0v) is 19.4. The molecule has 2 fully saturated rings. The van der Waals surface area contributed by atoms with E-state index in [1.165, 1.54) is 0 Å². The highest BCUT2D eigenvalue weighted by atomic mass is 127. The number of furan rings is 1. The lowest BCUT2D eigenvalue weighted by atomic mass is 10.2. The van der Waals surface area contributed by atoms with E-state index in [0.29, 0.717) is 44.2 Å². The summed E-state index contributed by atoms with van der Waals surface area (Å²) in [6.45, 7) is 4.25. The molecule has 1 amide bonds. The van der Waals surface area contributed by atoms with Gasteiger partial charge in [0.15, 0.2) is 11.7 Å². The summed E-state index contributed by atoms with van der Waals surface area (Å²) in [6.07, 6.45) is 3.86. The molecule has 1 atom stereocenters. The smallest absolute Gasteiger partial charge is 0.251 e. The second-order valence-electron chi connectivity index (χ2n) is 7.12. The van der Waals surface area contributed by atoms with Gasteiger partial charge in [-0.2, -0.15) is 5.10 Å². The fourth-order valence-electron chi connectivity index (χ4n) is 3.66. The highest BCUT2D eigenvalue weighted by Crippen LogP contribution is 2.16. The fraction of sp³-hybridized carbons (Fsp3) is 0.579. The molecular weight excluding hydrogens is 501 g/mol. The first kappa shape index (κ1) is 22.5. The molecule has 2 aromatic heterocycles. The van der Waals surface area contributed by atoms with Crippen LogP contribution >= 0.6 is 24.0 Å². The number of carbonyl (C=O) groups is 1. The summed E-state index contributed by atoms with van der Waals surface area (Å²) in [5.41, 5.74) is 0. The summed E-state index contributed by atoms with van der Waals surface area (Å²) >= 11 is 0. The van der Waals surface area contributed by atoms with Gasteiger partial charge in [0.2, 0.25) is 5.82 Å². The summed E-state index contributed by atoms with van der Waals surface area (Å²) in [5, 5.41) is 10.5. The molecule has 0 radical (unpaired) electrons. The molecule has 1 unspecified atom stereocenters. The van der Waals surface area contributed by atoms with E-state index in [0.717, 1.165) is 37.7 Å². The Hall–Kier alpha value is -2.15. The molecule has 2 aliphatic heterocycles. The largest absolute Gasteiger partial charge is 0.461 e. The van der Waals surface area contributed by atoms with E-state index in [4.69, 9.17) is 9.15 Å². The summed E-state index contributed by atoms with van der Waals surface area (Å²) < 4.78 is 10.8. The van der Waals surface area contributed by atoms with Gasteiger partial charge in [-0.25, -0.2) is 4.98 Å². The van der Waals surface area contributed by atoms with E-state index in [-0.39, 0.29) is 36.0 Å². The number of carbonyl (C=O) groups excluding carboxylic acids is 1. The number of nitrogens with one attached hydrogen (secondary N) is 2. The number of hydrogen-bond acceptors (Lipinski definition) is 6. The first-order valence-electron chi connectivity index (χ1n) is 10.1. The number of piperazine rings is 1. The number of halogens is 1. The second-order valence-corrected chi connectivity index (χ2v) is 7.12. The van der Waals surface area contributed by atoms with Crippen molar-refractivity contribution in [2.75, 3.05) is 46.4 Å². The van der Waals surface area contributed by atoms with Crippen LogP contribution in [0.25, 0.3) is 11.6 Å². The predicted octanol–water partition coefficient (Wildman–Crippen LogP) is 1.12. The molecule has 11 heteroatoms. The van der Waals surface area contributed by atoms with Gasteiger partial charge in [0.25, 0.3) is 5.91 Å². The van der Waals surface area contributed by atoms with Gasteiger partial charge in [0.1, 0.15) is 11.9 Å². The Balaban J connectivity index is 0.00000256. The average Bonchev–Trinajstić information content (AvgIpc) is 3.53. The van der Waals surface area contributed by atoms with Crippen molar-refractivity contribution >= 4 is 35.8 Å². The van der Waals surface area contributed by atoms with Crippen LogP contribution in [0.4, 0.5) is 0 Å². The summed E-state index contributed by atoms with van der Waals surface area (Å²) in [7, 11) is 1.77. The minimum absolute atomic E-state index is 0. The number of nitrogens with zero attached hydrogens (tertiary/aromatic N) is 5. The number of aromatic nitrogens is 3. The maximum absolute atomic E-state index is 12.5. The lowest BCUT2D eigenvalue weighted by Crippen LogP contribution is -2.55. The molecule has 0 spiro atoms. The number of amides is 1. The molecule has 2 N–H and O–H groups in total. The quantitative estimate of drug-likeness (QED) is 0.339. The monoisotopic (exact) mass is 529 g/mol. The minimum Gasteiger partial charge on any atom is -0.461 e. The molecule has 0 aromatic carbocycles. The average molecular weight is 529 g/mol. The maximum atomic E-state index is 12.5. The van der Waals surface area contributed by atoms with Crippen molar-refractivity contribution in [3.8, 4) is 11.6 Å². The standard InChI is InChI=1S/C19H27N7O3.HI/c1-20-19(21-7-6-16-22-17(24-23-16)14-4-2-12-28-14)26-10-8-25(9-11-26)18(27)15-5-3-13-29-15;/h2,4,12,15H,3,5-11,13H2,1H3,(H,20,21)(H,22,23,24);1H. The molecule has 0 bridgehead atoms. The Bertz CT molecular complexity index is 825. The topological polar surface area (TPSA) is 112 Å². The summed E-state index contributed by atoms with van der Waals surface area (Å²) in [5.74, 6) is 2.95. The molecular formula is C19H28IN7O3. The van der Waals surface area contributed by atoms with Crippen molar-refractivity contribution < 1.29 is 13.9 Å². The first-order valence-corrected chi connectivity index (χ1v) is 10.1. The van der Waals surface area contributed by atoms with Crippen LogP contribution in [0, 0.1) is 0 Å². The van der Waals surface area contributed by atoms with Crippen LogP contribution in [-0.4, -0.2) is 89.3 Å². The van der Waals surface area contributed by atoms with Gasteiger partial charge in [0.05, 0.1) is 6.26 Å². The zero-order chi connectivity index (χ0) is 20.1. The number of aliphatic imine (C=N–C) groups is 1. The number of aromatic amines is 1. The third-order valence-electron chi connectivity index (χ3n) is 5.23. The molecule has 2 aliphatic rings. The summed E-state index contributed by atoms with van der Waals surface area (Å²) in [6, 6.07) is 3.64. The first-order chi connectivity index (χ1) is 14.2. The molecule has 30 heavy (non-hydrogen) atoms. The van der Waals surface area contributed by atoms with Crippen molar-refractivity contribution in [1.29, 1.82) is 0 Å². The highest BCUT2D eigenvalue weighted by Gasteiger charge is 2.30. The number of H-pyrrole nitrogens is 1. The van der Waals surface area contributed by atoms with Crippen LogP contribution in [0.1, 0.15) is 18.7 Å². The third kappa shape index (κ3) is 5.31. The number of hydrogen-bond donors (Lipinski definition) is 2. The van der Waals surface area contributed by atoms with Crippen LogP contribution in [-0.2, 0) is 16.0 Å². The Morgan fingerprint density at radius 1 is 1.33 bits per heavy atom. The van der Waals surface area contributed by atoms with E-state index >= 15 is 0 Å². The van der Waals surface area contributed by atoms with Crippen LogP contribution in [0.15, 0.2) is 27.8 Å². The van der Waals surface area contributed by atoms with Crippen LogP contribution in [0.5, 0.6) is 0 Å². The molecule has 4 heterocycles. The van der Waals surface area contributed by atoms with E-state index in [2.05, 4.69) is 30.4 Å². The number of rotatable bonds is 5. The number of guanidine groups is 1. The van der Waals surface area contributed by atoms with Gasteiger partial charge in [0, 0.05) is 52.8 Å². The Kier molecular flexibility index (Phi) is 8.08. The third-order valence-corrected chi connectivity index (χ3v) is 5.23. The number of ether oxygens (including phenoxy) is 1. The lowest BCUT2D eigenvalue weighted by Gasteiger charge is -2.37. The zero-order valence-electron chi connectivity index (χ0n) is 17.0. The molecule has 164 valence electrons. The maximum Gasteiger partial charge on any atom is 0.251 e. The second kappa shape index (κ2) is 10.8. The van der Waals surface area contributed by atoms with Gasteiger partial charge in [-0.05, 0) is 25.0 Å². The molecule has 2 aromatic rings. The minimum atomic E-state index is -0.244. The van der Waals surface area contributed by atoms with E-state index in [9.17, 15) is 4.79 Å². The fourth-order valence-corrected chi connectivity index (χ4v) is 3.66. The van der Waals surface area contributed by atoms with Gasteiger partial charge >= 0.3 is 0 Å². The molecule has 0 saturated carbocycles. The highest BCUT2D eigenvalue weighted by molar-refractivity contribution is 14.0. The van der Waals surface area contributed by atoms with Crippen molar-refractivity contribution in [3.05, 3.63) is 24.2 Å². The Morgan fingerprint density at radius 3 is 2.80 bits per heavy atom. The molecule has 2 saturated heterocycles. The van der Waals surface area contributed by atoms with Crippen LogP contribution < -0.4 is 5.32 Å². The normalized spacial score (nSPS) is 19.6. The molecule has 0 aliphatic carbocycles. The van der Waals surface area contributed by atoms with Crippen molar-refractivity contribution in [2.24, 2.45) is 4.99 Å². The van der Waals surface area contributed by atoms with E-state index in [1.54, 1.807) is 13.3 Å². The van der Waals surface area contributed by atoms with Crippen LogP contribution in [0.3, 0.4) is 0 Å². The Morgan fingerprint density at radius 2 is 2.13 bits per heavy atom. The predicted molar refractivity (Wildman–Crippen MR) is 122 cm³/mol. The molecule has 10 nitrogen and oxygen atoms in total. The van der Waals surface area contributed by atoms with Gasteiger partial charge in [-0.15, -0.1) is 24.0 Å². The van der Waals surface area contributed by atoms with E-state index < -0.39 is 0 Å². The van der Waals surface area contributed by atoms with E-state index in [1.807, 2.05) is 17.0 Å². The Labute approximate surface area is 192 Å². The van der Waals surface area contributed by atoms with Crippen molar-refractivity contribution in [3.63, 3.8) is 0 Å². The van der Waals surface area contributed by atoms with Crippen molar-refractivity contribution in [2.45, 2.75) is 25.4 Å². The van der Waals surface area contributed by atoms with Gasteiger partial charge in [-0.3, -0.25) is 14.9 Å². The van der Waals surface area contributed by atoms with Gasteiger partial charge < -0.3 is 24.3 Å². The van der Waals surface area contributed by atoms with Crippen molar-refractivity contribution in [1.82, 2.24) is 30.3 Å². The SMILES string of the molecule is CN=C(NCCc1nc(-c2ccco2)n[nH]1)N1CCN(C(=O)C2CCCO2)CC1.I. The van der Waals surface area contributed by atoms with Gasteiger partial charge in [-0.1, -0.05) is 0 Å². The van der Waals surface area contributed by atoms with Crippen LogP contribution in [0.2, 0.25) is 0 Å². The summed E-state index contributed by atoms with van der Waals surface area (Å²) in [4.78, 5) is 25.4. The molecule has 4 rings (SSSR count). The lowest BCUT2D eigenvalue weighted by molar-refractivity contribution is -0.142.